The molecule has 2 unspecified atom stereocenters. The van der Waals surface area contributed by atoms with Crippen LogP contribution in [-0.4, -0.2) is 17.2 Å². The summed E-state index contributed by atoms with van der Waals surface area (Å²) in [7, 11) is 0. The third kappa shape index (κ3) is 2.35. The van der Waals surface area contributed by atoms with E-state index in [4.69, 9.17) is 10.5 Å². The summed E-state index contributed by atoms with van der Waals surface area (Å²) < 4.78 is 5.77. The summed E-state index contributed by atoms with van der Waals surface area (Å²) in [5, 5.41) is 9.21. The number of benzene rings is 1. The van der Waals surface area contributed by atoms with Crippen molar-refractivity contribution in [2.75, 3.05) is 5.73 Å². The summed E-state index contributed by atoms with van der Waals surface area (Å²) >= 11 is 0. The highest BCUT2D eigenvalue weighted by atomic mass is 16.5. The Kier molecular flexibility index (Phi) is 3.22. The molecule has 1 heterocycles. The second-order valence-corrected chi connectivity index (χ2v) is 4.46. The molecule has 0 saturated heterocycles. The molecule has 1 aromatic rings. The lowest BCUT2D eigenvalue weighted by molar-refractivity contribution is -0.145. The van der Waals surface area contributed by atoms with Crippen molar-refractivity contribution in [3.05, 3.63) is 23.8 Å². The zero-order chi connectivity index (χ0) is 12.4. The zero-order valence-corrected chi connectivity index (χ0v) is 9.85. The van der Waals surface area contributed by atoms with Gasteiger partial charge in [0.15, 0.2) is 0 Å². The summed E-state index contributed by atoms with van der Waals surface area (Å²) in [6.45, 7) is 2.02. The van der Waals surface area contributed by atoms with E-state index in [1.54, 1.807) is 12.1 Å². The van der Waals surface area contributed by atoms with Gasteiger partial charge in [-0.1, -0.05) is 19.4 Å². The highest BCUT2D eigenvalue weighted by Crippen LogP contribution is 2.34. The van der Waals surface area contributed by atoms with Gasteiger partial charge in [-0.3, -0.25) is 4.79 Å². The van der Waals surface area contributed by atoms with Crippen LogP contribution in [0.25, 0.3) is 0 Å². The van der Waals surface area contributed by atoms with Crippen LogP contribution in [0, 0.1) is 5.92 Å². The lowest BCUT2D eigenvalue weighted by Gasteiger charge is -2.31. The SMILES string of the molecule is CCCC1Oc2cc(N)ccc2CC1C(=O)O. The van der Waals surface area contributed by atoms with Crippen LogP contribution >= 0.6 is 0 Å². The molecule has 0 fully saturated rings. The van der Waals surface area contributed by atoms with Gasteiger partial charge in [0.1, 0.15) is 11.9 Å². The molecule has 92 valence electrons. The van der Waals surface area contributed by atoms with Gasteiger partial charge in [-0.2, -0.15) is 0 Å². The van der Waals surface area contributed by atoms with Crippen LogP contribution in [0.15, 0.2) is 18.2 Å². The summed E-state index contributed by atoms with van der Waals surface area (Å²) in [5.74, 6) is -0.502. The highest BCUT2D eigenvalue weighted by Gasteiger charge is 2.34. The Hall–Kier alpha value is -1.71. The van der Waals surface area contributed by atoms with Crippen LogP contribution in [0.2, 0.25) is 0 Å². The molecule has 0 bridgehead atoms. The number of rotatable bonds is 3. The smallest absolute Gasteiger partial charge is 0.310 e. The number of aliphatic carboxylic acids is 1. The standard InChI is InChI=1S/C13H17NO3/c1-2-3-11-10(13(15)16)6-8-4-5-9(14)7-12(8)17-11/h4-5,7,10-11H,2-3,6,14H2,1H3,(H,15,16). The molecule has 0 spiro atoms. The minimum Gasteiger partial charge on any atom is -0.489 e. The van der Waals surface area contributed by atoms with Gasteiger partial charge in [0.05, 0.1) is 5.92 Å². The lowest BCUT2D eigenvalue weighted by Crippen LogP contribution is -2.38. The van der Waals surface area contributed by atoms with Gasteiger partial charge in [0.2, 0.25) is 0 Å². The van der Waals surface area contributed by atoms with E-state index >= 15 is 0 Å². The molecular weight excluding hydrogens is 218 g/mol. The predicted octanol–water partition coefficient (Wildman–Crippen LogP) is 2.07. The number of nitrogens with two attached hydrogens (primary N) is 1. The Labute approximate surface area is 100 Å². The largest absolute Gasteiger partial charge is 0.489 e. The molecule has 17 heavy (non-hydrogen) atoms. The van der Waals surface area contributed by atoms with Crippen molar-refractivity contribution in [2.45, 2.75) is 32.3 Å². The van der Waals surface area contributed by atoms with E-state index < -0.39 is 11.9 Å². The number of carbonyl (C=O) groups is 1. The van der Waals surface area contributed by atoms with Crippen molar-refractivity contribution in [2.24, 2.45) is 5.92 Å². The Balaban J connectivity index is 2.29. The normalized spacial score (nSPS) is 22.6. The van der Waals surface area contributed by atoms with Gasteiger partial charge in [-0.05, 0) is 24.5 Å². The molecule has 2 rings (SSSR count). The molecule has 1 aliphatic heterocycles. The lowest BCUT2D eigenvalue weighted by atomic mass is 9.88. The summed E-state index contributed by atoms with van der Waals surface area (Å²) in [6.07, 6.45) is 1.94. The number of fused-ring (bicyclic) bond motifs is 1. The fraction of sp³-hybridized carbons (Fsp3) is 0.462. The minimum atomic E-state index is -0.786. The molecule has 0 amide bonds. The van der Waals surface area contributed by atoms with Gasteiger partial charge >= 0.3 is 5.97 Å². The van der Waals surface area contributed by atoms with Crippen LogP contribution in [0.5, 0.6) is 5.75 Å². The van der Waals surface area contributed by atoms with Crippen molar-refractivity contribution in [1.82, 2.24) is 0 Å². The first-order chi connectivity index (χ1) is 8.11. The number of hydrogen-bond acceptors (Lipinski definition) is 3. The second-order valence-electron chi connectivity index (χ2n) is 4.46. The molecule has 2 atom stereocenters. The molecule has 0 aromatic heterocycles. The summed E-state index contributed by atoms with van der Waals surface area (Å²) in [4.78, 5) is 11.2. The average molecular weight is 235 g/mol. The predicted molar refractivity (Wildman–Crippen MR) is 65.0 cm³/mol. The van der Waals surface area contributed by atoms with E-state index in [1.807, 2.05) is 13.0 Å². The molecule has 0 radical (unpaired) electrons. The molecule has 1 aliphatic rings. The van der Waals surface area contributed by atoms with Gasteiger partial charge < -0.3 is 15.6 Å². The maximum absolute atomic E-state index is 11.2. The van der Waals surface area contributed by atoms with Crippen LogP contribution in [0.3, 0.4) is 0 Å². The molecule has 0 aliphatic carbocycles. The fourth-order valence-electron chi connectivity index (χ4n) is 2.25. The number of hydrogen-bond donors (Lipinski definition) is 2. The molecule has 4 heteroatoms. The van der Waals surface area contributed by atoms with E-state index in [-0.39, 0.29) is 6.10 Å². The average Bonchev–Trinajstić information content (AvgIpc) is 2.28. The van der Waals surface area contributed by atoms with E-state index in [0.717, 1.165) is 24.2 Å². The third-order valence-corrected chi connectivity index (χ3v) is 3.15. The first-order valence-electron chi connectivity index (χ1n) is 5.89. The zero-order valence-electron chi connectivity index (χ0n) is 9.85. The number of carboxylic acid groups (broad SMARTS) is 1. The molecule has 3 N–H and O–H groups in total. The van der Waals surface area contributed by atoms with E-state index in [0.29, 0.717) is 12.1 Å². The van der Waals surface area contributed by atoms with Gasteiger partial charge in [0.25, 0.3) is 0 Å². The van der Waals surface area contributed by atoms with Crippen LogP contribution < -0.4 is 10.5 Å². The maximum atomic E-state index is 11.2. The second kappa shape index (κ2) is 4.65. The molecule has 1 aromatic carbocycles. The molecule has 0 saturated carbocycles. The summed E-state index contributed by atoms with van der Waals surface area (Å²) in [5.41, 5.74) is 7.28. The van der Waals surface area contributed by atoms with Gasteiger partial charge in [0, 0.05) is 11.8 Å². The molecular formula is C13H17NO3. The molecule has 4 nitrogen and oxygen atoms in total. The van der Waals surface area contributed by atoms with Crippen molar-refractivity contribution in [3.63, 3.8) is 0 Å². The first-order valence-corrected chi connectivity index (χ1v) is 5.89. The summed E-state index contributed by atoms with van der Waals surface area (Å²) in [6, 6.07) is 5.40. The Morgan fingerprint density at radius 2 is 2.35 bits per heavy atom. The number of ether oxygens (including phenoxy) is 1. The highest BCUT2D eigenvalue weighted by molar-refractivity contribution is 5.72. The maximum Gasteiger partial charge on any atom is 0.310 e. The number of carboxylic acids is 1. The number of anilines is 1. The monoisotopic (exact) mass is 235 g/mol. The first kappa shape index (κ1) is 11.8. The third-order valence-electron chi connectivity index (χ3n) is 3.15. The van der Waals surface area contributed by atoms with Crippen molar-refractivity contribution >= 4 is 11.7 Å². The van der Waals surface area contributed by atoms with Gasteiger partial charge in [-0.15, -0.1) is 0 Å². The van der Waals surface area contributed by atoms with Gasteiger partial charge in [-0.25, -0.2) is 0 Å². The Morgan fingerprint density at radius 3 is 3.00 bits per heavy atom. The van der Waals surface area contributed by atoms with Crippen LogP contribution in [-0.2, 0) is 11.2 Å². The topological polar surface area (TPSA) is 72.5 Å². The number of nitrogen functional groups attached to an aromatic ring is 1. The Bertz CT molecular complexity index is 431. The van der Waals surface area contributed by atoms with E-state index in [2.05, 4.69) is 0 Å². The van der Waals surface area contributed by atoms with Crippen LogP contribution in [0.1, 0.15) is 25.3 Å². The van der Waals surface area contributed by atoms with Crippen LogP contribution in [0.4, 0.5) is 5.69 Å². The quantitative estimate of drug-likeness (QED) is 0.787. The Morgan fingerprint density at radius 1 is 1.59 bits per heavy atom. The van der Waals surface area contributed by atoms with Crippen molar-refractivity contribution in [3.8, 4) is 5.75 Å². The van der Waals surface area contributed by atoms with E-state index in [1.165, 1.54) is 0 Å². The van der Waals surface area contributed by atoms with Crippen molar-refractivity contribution in [1.29, 1.82) is 0 Å². The minimum absolute atomic E-state index is 0.244. The van der Waals surface area contributed by atoms with Crippen molar-refractivity contribution < 1.29 is 14.6 Å². The van der Waals surface area contributed by atoms with E-state index in [9.17, 15) is 9.90 Å². The fourth-order valence-corrected chi connectivity index (χ4v) is 2.25.